The van der Waals surface area contributed by atoms with Gasteiger partial charge in [0.25, 0.3) is 11.8 Å². The van der Waals surface area contributed by atoms with Crippen LogP contribution < -0.4 is 10.1 Å². The quantitative estimate of drug-likeness (QED) is 0.846. The summed E-state index contributed by atoms with van der Waals surface area (Å²) in [7, 11) is 0. The number of hydrogen-bond acceptors (Lipinski definition) is 4. The average Bonchev–Trinajstić information content (AvgIpc) is 2.78. The van der Waals surface area contributed by atoms with Gasteiger partial charge in [0.15, 0.2) is 6.61 Å². The third-order valence-corrected chi connectivity index (χ3v) is 5.44. The normalized spacial score (nSPS) is 16.1. The minimum Gasteiger partial charge on any atom is -0.483 e. The van der Waals surface area contributed by atoms with Crippen molar-refractivity contribution in [1.29, 1.82) is 0 Å². The molecule has 0 spiro atoms. The number of nitrogens with one attached hydrogen (secondary N) is 1. The van der Waals surface area contributed by atoms with Crippen molar-refractivity contribution in [3.63, 3.8) is 0 Å². The predicted octanol–water partition coefficient (Wildman–Crippen LogP) is 3.06. The van der Waals surface area contributed by atoms with E-state index >= 15 is 0 Å². The lowest BCUT2D eigenvalue weighted by atomic mass is 9.91. The molecule has 1 aliphatic heterocycles. The zero-order chi connectivity index (χ0) is 20.1. The molecule has 0 unspecified atom stereocenters. The topological polar surface area (TPSA) is 67.9 Å². The van der Waals surface area contributed by atoms with Crippen LogP contribution in [0.1, 0.15) is 34.3 Å². The van der Waals surface area contributed by atoms with E-state index in [9.17, 15) is 9.59 Å². The van der Waals surface area contributed by atoms with Crippen molar-refractivity contribution < 1.29 is 19.1 Å². The van der Waals surface area contributed by atoms with Crippen molar-refractivity contribution in [2.75, 3.05) is 38.2 Å². The zero-order valence-corrected chi connectivity index (χ0v) is 16.5. The third kappa shape index (κ3) is 4.59. The summed E-state index contributed by atoms with van der Waals surface area (Å²) in [5, 5.41) is 2.84. The lowest BCUT2D eigenvalue weighted by molar-refractivity contribution is -0.118. The Morgan fingerprint density at radius 2 is 1.79 bits per heavy atom. The number of hydrogen-bond donors (Lipinski definition) is 1. The molecule has 2 aromatic carbocycles. The van der Waals surface area contributed by atoms with E-state index in [1.807, 2.05) is 12.1 Å². The van der Waals surface area contributed by atoms with Crippen LogP contribution in [0.15, 0.2) is 42.5 Å². The highest BCUT2D eigenvalue weighted by molar-refractivity contribution is 6.04. The van der Waals surface area contributed by atoms with Gasteiger partial charge in [0.05, 0.1) is 24.5 Å². The highest BCUT2D eigenvalue weighted by Crippen LogP contribution is 2.29. The number of anilines is 1. The van der Waals surface area contributed by atoms with E-state index in [2.05, 4.69) is 11.4 Å². The second kappa shape index (κ2) is 9.09. The number of ether oxygens (including phenoxy) is 2. The number of benzene rings is 2. The van der Waals surface area contributed by atoms with Crippen molar-refractivity contribution in [3.8, 4) is 5.75 Å². The number of carbonyl (C=O) groups is 2. The van der Waals surface area contributed by atoms with Gasteiger partial charge in [-0.25, -0.2) is 0 Å². The maximum Gasteiger partial charge on any atom is 0.262 e. The van der Waals surface area contributed by atoms with Crippen molar-refractivity contribution in [3.05, 3.63) is 59.2 Å². The fraction of sp³-hybridized carbons (Fsp3) is 0.391. The molecule has 4 rings (SSSR count). The first-order valence-electron chi connectivity index (χ1n) is 10.2. The Hall–Kier alpha value is -2.86. The summed E-state index contributed by atoms with van der Waals surface area (Å²) in [6, 6.07) is 13.1. The van der Waals surface area contributed by atoms with E-state index in [1.54, 1.807) is 29.2 Å². The molecule has 1 fully saturated rings. The molecule has 1 N–H and O–H groups in total. The van der Waals surface area contributed by atoms with Gasteiger partial charge in [0, 0.05) is 13.1 Å². The number of amides is 2. The Bertz CT molecular complexity index is 890. The third-order valence-electron chi connectivity index (χ3n) is 5.44. The maximum atomic E-state index is 12.8. The van der Waals surface area contributed by atoms with Crippen molar-refractivity contribution >= 4 is 17.5 Å². The molecular weight excluding hydrogens is 368 g/mol. The van der Waals surface area contributed by atoms with Crippen LogP contribution in [0.25, 0.3) is 0 Å². The molecule has 6 heteroatoms. The Labute approximate surface area is 170 Å². The summed E-state index contributed by atoms with van der Waals surface area (Å²) in [4.78, 5) is 27.1. The van der Waals surface area contributed by atoms with Gasteiger partial charge >= 0.3 is 0 Å². The molecule has 1 heterocycles. The Morgan fingerprint density at radius 1 is 1.00 bits per heavy atom. The van der Waals surface area contributed by atoms with Crippen LogP contribution in [-0.4, -0.2) is 49.6 Å². The molecule has 0 aromatic heterocycles. The number of para-hydroxylation sites is 1. The van der Waals surface area contributed by atoms with Gasteiger partial charge < -0.3 is 19.7 Å². The van der Waals surface area contributed by atoms with Gasteiger partial charge in [0.1, 0.15) is 5.75 Å². The van der Waals surface area contributed by atoms with Crippen LogP contribution in [0.5, 0.6) is 5.75 Å². The summed E-state index contributed by atoms with van der Waals surface area (Å²) in [5.41, 5.74) is 3.53. The van der Waals surface area contributed by atoms with Crippen LogP contribution in [-0.2, 0) is 22.4 Å². The van der Waals surface area contributed by atoms with Gasteiger partial charge in [-0.1, -0.05) is 24.3 Å². The average molecular weight is 394 g/mol. The molecule has 6 nitrogen and oxygen atoms in total. The summed E-state index contributed by atoms with van der Waals surface area (Å²) in [5.74, 6) is 0.415. The Kier molecular flexibility index (Phi) is 6.10. The molecule has 152 valence electrons. The van der Waals surface area contributed by atoms with Gasteiger partial charge in [-0.3, -0.25) is 9.59 Å². The largest absolute Gasteiger partial charge is 0.483 e. The monoisotopic (exact) mass is 394 g/mol. The van der Waals surface area contributed by atoms with Gasteiger partial charge in [-0.15, -0.1) is 0 Å². The molecule has 0 radical (unpaired) electrons. The standard InChI is InChI=1S/C23H26N2O4/c26-22(16-29-21-11-5-7-17-6-1-2-8-18(17)21)24-20-10-4-3-9-19(20)23(27)25-12-14-28-15-13-25/h3-5,7,9-11H,1-2,6,8,12-16H2,(H,24,26). The lowest BCUT2D eigenvalue weighted by Gasteiger charge is -2.27. The molecule has 2 aromatic rings. The highest BCUT2D eigenvalue weighted by Gasteiger charge is 2.22. The molecule has 2 amide bonds. The number of aryl methyl sites for hydroxylation is 1. The molecule has 29 heavy (non-hydrogen) atoms. The fourth-order valence-corrected chi connectivity index (χ4v) is 3.93. The van der Waals surface area contributed by atoms with Crippen molar-refractivity contribution in [2.45, 2.75) is 25.7 Å². The number of fused-ring (bicyclic) bond motifs is 1. The highest BCUT2D eigenvalue weighted by atomic mass is 16.5. The first kappa shape index (κ1) is 19.5. The summed E-state index contributed by atoms with van der Waals surface area (Å²) >= 11 is 0. The number of carbonyl (C=O) groups excluding carboxylic acids is 2. The smallest absolute Gasteiger partial charge is 0.262 e. The molecule has 2 aliphatic rings. The van der Waals surface area contributed by atoms with Gasteiger partial charge in [0.2, 0.25) is 0 Å². The zero-order valence-electron chi connectivity index (χ0n) is 16.5. The second-order valence-corrected chi connectivity index (χ2v) is 7.39. The first-order valence-corrected chi connectivity index (χ1v) is 10.2. The first-order chi connectivity index (χ1) is 14.2. The van der Waals surface area contributed by atoms with E-state index in [0.29, 0.717) is 37.6 Å². The molecule has 1 saturated heterocycles. The van der Waals surface area contributed by atoms with Gasteiger partial charge in [-0.2, -0.15) is 0 Å². The molecular formula is C23H26N2O4. The van der Waals surface area contributed by atoms with Crippen molar-refractivity contribution in [1.82, 2.24) is 4.90 Å². The lowest BCUT2D eigenvalue weighted by Crippen LogP contribution is -2.41. The molecule has 0 bridgehead atoms. The minimum atomic E-state index is -0.277. The van der Waals surface area contributed by atoms with E-state index in [1.165, 1.54) is 17.5 Å². The Balaban J connectivity index is 1.41. The fourth-order valence-electron chi connectivity index (χ4n) is 3.93. The number of rotatable bonds is 5. The van der Waals surface area contributed by atoms with E-state index in [-0.39, 0.29) is 18.4 Å². The van der Waals surface area contributed by atoms with Crippen LogP contribution in [0.4, 0.5) is 5.69 Å². The maximum absolute atomic E-state index is 12.8. The van der Waals surface area contributed by atoms with Crippen LogP contribution in [0.2, 0.25) is 0 Å². The SMILES string of the molecule is O=C(COc1cccc2c1CCCC2)Nc1ccccc1C(=O)N1CCOCC1. The summed E-state index contributed by atoms with van der Waals surface area (Å²) < 4.78 is 11.1. The molecule has 0 saturated carbocycles. The van der Waals surface area contributed by atoms with E-state index in [0.717, 1.165) is 25.0 Å². The second-order valence-electron chi connectivity index (χ2n) is 7.39. The molecule has 1 aliphatic carbocycles. The minimum absolute atomic E-state index is 0.0868. The van der Waals surface area contributed by atoms with Crippen LogP contribution in [0.3, 0.4) is 0 Å². The van der Waals surface area contributed by atoms with E-state index in [4.69, 9.17) is 9.47 Å². The summed E-state index contributed by atoms with van der Waals surface area (Å²) in [6.07, 6.45) is 4.40. The van der Waals surface area contributed by atoms with Crippen molar-refractivity contribution in [2.24, 2.45) is 0 Å². The Morgan fingerprint density at radius 3 is 2.66 bits per heavy atom. The number of nitrogens with zero attached hydrogens (tertiary/aromatic N) is 1. The van der Waals surface area contributed by atoms with E-state index < -0.39 is 0 Å². The van der Waals surface area contributed by atoms with Crippen LogP contribution >= 0.6 is 0 Å². The summed E-state index contributed by atoms with van der Waals surface area (Å²) in [6.45, 7) is 2.11. The predicted molar refractivity (Wildman–Crippen MR) is 110 cm³/mol. The number of morpholine rings is 1. The van der Waals surface area contributed by atoms with Gasteiger partial charge in [-0.05, 0) is 55.0 Å². The van der Waals surface area contributed by atoms with Crippen LogP contribution in [0, 0.1) is 0 Å². The molecule has 0 atom stereocenters.